The summed E-state index contributed by atoms with van der Waals surface area (Å²) < 4.78 is 13.6. The fourth-order valence-corrected chi connectivity index (χ4v) is 4.61. The van der Waals surface area contributed by atoms with Crippen LogP contribution >= 0.6 is 0 Å². The molecule has 2 fully saturated rings. The molecule has 1 atom stereocenters. The van der Waals surface area contributed by atoms with Gasteiger partial charge in [-0.15, -0.1) is 0 Å². The molecule has 1 aromatic heterocycles. The number of hydrogen-bond donors (Lipinski definition) is 0. The van der Waals surface area contributed by atoms with Gasteiger partial charge in [-0.05, 0) is 67.6 Å². The van der Waals surface area contributed by atoms with Crippen molar-refractivity contribution < 1.29 is 9.18 Å². The zero-order valence-corrected chi connectivity index (χ0v) is 15.6. The van der Waals surface area contributed by atoms with Crippen molar-refractivity contribution in [2.45, 2.75) is 50.7 Å². The number of benzene rings is 1. The molecule has 142 valence electrons. The maximum Gasteiger partial charge on any atom is 0.223 e. The Morgan fingerprint density at radius 2 is 1.85 bits per heavy atom. The topological polar surface area (TPSA) is 36.4 Å². The highest BCUT2D eigenvalue weighted by molar-refractivity contribution is 5.79. The minimum atomic E-state index is -0.238. The molecule has 0 N–H and O–H groups in total. The number of amides is 1. The van der Waals surface area contributed by atoms with Gasteiger partial charge >= 0.3 is 0 Å². The fourth-order valence-electron chi connectivity index (χ4n) is 4.61. The van der Waals surface area contributed by atoms with E-state index in [0.29, 0.717) is 13.0 Å². The molecule has 0 aliphatic carbocycles. The Morgan fingerprint density at radius 1 is 1.00 bits per heavy atom. The predicted molar refractivity (Wildman–Crippen MR) is 102 cm³/mol. The van der Waals surface area contributed by atoms with Crippen molar-refractivity contribution >= 4 is 5.91 Å². The van der Waals surface area contributed by atoms with Gasteiger partial charge in [0.25, 0.3) is 0 Å². The lowest BCUT2D eigenvalue weighted by molar-refractivity contribution is -0.132. The molecule has 4 rings (SSSR count). The van der Waals surface area contributed by atoms with Gasteiger partial charge in [-0.1, -0.05) is 12.1 Å². The minimum Gasteiger partial charge on any atom is -0.333 e. The van der Waals surface area contributed by atoms with Gasteiger partial charge in [0.1, 0.15) is 5.82 Å². The molecule has 0 radical (unpaired) electrons. The molecule has 1 aromatic carbocycles. The number of pyridine rings is 1. The number of aromatic nitrogens is 1. The van der Waals surface area contributed by atoms with Crippen molar-refractivity contribution in [2.24, 2.45) is 0 Å². The molecule has 0 saturated carbocycles. The van der Waals surface area contributed by atoms with Crippen LogP contribution < -0.4 is 0 Å². The first-order valence-corrected chi connectivity index (χ1v) is 9.81. The first-order chi connectivity index (χ1) is 13.1. The summed E-state index contributed by atoms with van der Waals surface area (Å²) in [4.78, 5) is 21.2. The molecule has 27 heavy (non-hydrogen) atoms. The minimum absolute atomic E-state index is 0.0730. The van der Waals surface area contributed by atoms with E-state index in [-0.39, 0.29) is 17.3 Å². The summed E-state index contributed by atoms with van der Waals surface area (Å²) >= 11 is 0. The lowest BCUT2D eigenvalue weighted by Gasteiger charge is -2.38. The van der Waals surface area contributed by atoms with Crippen LogP contribution in [0.15, 0.2) is 48.8 Å². The van der Waals surface area contributed by atoms with Crippen LogP contribution in [0.5, 0.6) is 0 Å². The summed E-state index contributed by atoms with van der Waals surface area (Å²) in [5, 5.41) is 0. The second-order valence-electron chi connectivity index (χ2n) is 7.82. The Balaban J connectivity index is 1.47. The van der Waals surface area contributed by atoms with Crippen molar-refractivity contribution in [3.63, 3.8) is 0 Å². The van der Waals surface area contributed by atoms with E-state index >= 15 is 0 Å². The van der Waals surface area contributed by atoms with Crippen molar-refractivity contribution in [1.29, 1.82) is 0 Å². The van der Waals surface area contributed by atoms with Crippen LogP contribution in [0.4, 0.5) is 4.39 Å². The van der Waals surface area contributed by atoms with Gasteiger partial charge in [-0.3, -0.25) is 14.7 Å². The summed E-state index contributed by atoms with van der Waals surface area (Å²) in [6, 6.07) is 10.8. The highest BCUT2D eigenvalue weighted by atomic mass is 19.1. The molecule has 0 bridgehead atoms. The Bertz CT molecular complexity index is 797. The summed E-state index contributed by atoms with van der Waals surface area (Å²) in [6.45, 7) is 3.47. The number of carbonyl (C=O) groups is 1. The number of halogens is 1. The zero-order chi connectivity index (χ0) is 18.7. The van der Waals surface area contributed by atoms with Gasteiger partial charge in [0.05, 0.1) is 0 Å². The SMILES string of the molecule is O=C1CC[C@@]2(CCCN(Cc3ccncc3)CC2)N1Cc1cccc(F)c1. The summed E-state index contributed by atoms with van der Waals surface area (Å²) in [5.74, 6) is -0.0283. The Hall–Kier alpha value is -2.27. The lowest BCUT2D eigenvalue weighted by atomic mass is 9.87. The van der Waals surface area contributed by atoms with Crippen LogP contribution in [0.2, 0.25) is 0 Å². The number of rotatable bonds is 4. The van der Waals surface area contributed by atoms with E-state index in [1.54, 1.807) is 12.1 Å². The van der Waals surface area contributed by atoms with Gasteiger partial charge in [-0.25, -0.2) is 4.39 Å². The van der Waals surface area contributed by atoms with Gasteiger partial charge in [0, 0.05) is 44.0 Å². The fraction of sp³-hybridized carbons (Fsp3) is 0.455. The van der Waals surface area contributed by atoms with Crippen molar-refractivity contribution in [3.05, 3.63) is 65.7 Å². The van der Waals surface area contributed by atoms with E-state index in [2.05, 4.69) is 22.0 Å². The van der Waals surface area contributed by atoms with E-state index in [9.17, 15) is 9.18 Å². The molecule has 2 aliphatic heterocycles. The third kappa shape index (κ3) is 4.03. The molecule has 3 heterocycles. The molecule has 0 unspecified atom stereocenters. The van der Waals surface area contributed by atoms with Gasteiger partial charge in [0.15, 0.2) is 0 Å². The van der Waals surface area contributed by atoms with E-state index in [0.717, 1.165) is 50.9 Å². The van der Waals surface area contributed by atoms with Crippen molar-refractivity contribution in [3.8, 4) is 0 Å². The van der Waals surface area contributed by atoms with Crippen LogP contribution in [0.25, 0.3) is 0 Å². The Labute approximate surface area is 160 Å². The smallest absolute Gasteiger partial charge is 0.223 e. The average molecular weight is 367 g/mol. The highest BCUT2D eigenvalue weighted by Gasteiger charge is 2.45. The summed E-state index contributed by atoms with van der Waals surface area (Å²) in [6.07, 6.45) is 8.30. The molecule has 2 aromatic rings. The van der Waals surface area contributed by atoms with Gasteiger partial charge in [-0.2, -0.15) is 0 Å². The standard InChI is InChI=1S/C22H26FN3O/c23-20-4-1-3-19(15-20)17-26-21(27)5-9-22(26)8-2-13-25(14-10-22)16-18-6-11-24-12-7-18/h1,3-4,6-7,11-12,15H,2,5,8-10,13-14,16-17H2/t22-/m1/s1. The van der Waals surface area contributed by atoms with Crippen molar-refractivity contribution in [1.82, 2.24) is 14.8 Å². The third-order valence-corrected chi connectivity index (χ3v) is 6.07. The van der Waals surface area contributed by atoms with Crippen LogP contribution in [0, 0.1) is 5.82 Å². The first kappa shape index (κ1) is 18.1. The molecule has 1 amide bonds. The van der Waals surface area contributed by atoms with E-state index < -0.39 is 0 Å². The second kappa shape index (κ2) is 7.77. The quantitative estimate of drug-likeness (QED) is 0.825. The van der Waals surface area contributed by atoms with Crippen LogP contribution in [0.1, 0.15) is 43.2 Å². The molecular formula is C22H26FN3O. The molecule has 4 nitrogen and oxygen atoms in total. The number of carbonyl (C=O) groups excluding carboxylic acids is 1. The summed E-state index contributed by atoms with van der Waals surface area (Å²) in [5.41, 5.74) is 2.08. The van der Waals surface area contributed by atoms with Crippen LogP contribution in [0.3, 0.4) is 0 Å². The monoisotopic (exact) mass is 367 g/mol. The molecule has 2 saturated heterocycles. The maximum atomic E-state index is 13.6. The molecular weight excluding hydrogens is 341 g/mol. The predicted octanol–water partition coefficient (Wildman–Crippen LogP) is 3.77. The van der Waals surface area contributed by atoms with Crippen LogP contribution in [-0.4, -0.2) is 39.3 Å². The number of nitrogens with zero attached hydrogens (tertiary/aromatic N) is 3. The van der Waals surface area contributed by atoms with Gasteiger partial charge in [0.2, 0.25) is 5.91 Å². The van der Waals surface area contributed by atoms with E-state index in [1.807, 2.05) is 23.4 Å². The van der Waals surface area contributed by atoms with E-state index in [4.69, 9.17) is 0 Å². The third-order valence-electron chi connectivity index (χ3n) is 6.07. The van der Waals surface area contributed by atoms with E-state index in [1.165, 1.54) is 11.6 Å². The Morgan fingerprint density at radius 3 is 2.67 bits per heavy atom. The number of likely N-dealkylation sites (tertiary alicyclic amines) is 2. The Kier molecular flexibility index (Phi) is 5.21. The maximum absolute atomic E-state index is 13.6. The molecule has 5 heteroatoms. The normalized spacial score (nSPS) is 23.7. The second-order valence-corrected chi connectivity index (χ2v) is 7.82. The lowest BCUT2D eigenvalue weighted by Crippen LogP contribution is -2.45. The highest BCUT2D eigenvalue weighted by Crippen LogP contribution is 2.40. The zero-order valence-electron chi connectivity index (χ0n) is 15.6. The van der Waals surface area contributed by atoms with Crippen LogP contribution in [-0.2, 0) is 17.9 Å². The largest absolute Gasteiger partial charge is 0.333 e. The number of hydrogen-bond acceptors (Lipinski definition) is 3. The first-order valence-electron chi connectivity index (χ1n) is 9.81. The van der Waals surface area contributed by atoms with Gasteiger partial charge < -0.3 is 4.90 Å². The van der Waals surface area contributed by atoms with Crippen molar-refractivity contribution in [2.75, 3.05) is 13.1 Å². The molecule has 1 spiro atoms. The molecule has 2 aliphatic rings. The average Bonchev–Trinajstić information content (AvgIpc) is 2.84. The summed E-state index contributed by atoms with van der Waals surface area (Å²) in [7, 11) is 0.